The lowest BCUT2D eigenvalue weighted by atomic mass is 10.2. The molecule has 0 saturated carbocycles. The summed E-state index contributed by atoms with van der Waals surface area (Å²) in [4.78, 5) is 0. The molecule has 0 bridgehead atoms. The Morgan fingerprint density at radius 3 is 1.45 bits per heavy atom. The lowest BCUT2D eigenvalue weighted by Gasteiger charge is -2.22. The van der Waals surface area contributed by atoms with Crippen LogP contribution in [0.5, 0.6) is 0 Å². The van der Waals surface area contributed by atoms with Gasteiger partial charge in [0, 0.05) is 0 Å². The van der Waals surface area contributed by atoms with E-state index in [4.69, 9.17) is 0 Å². The Morgan fingerprint density at radius 1 is 1.00 bits per heavy atom. The van der Waals surface area contributed by atoms with E-state index < -0.39 is 24.9 Å². The number of hydrogen-bond donors (Lipinski definition) is 0. The smallest absolute Gasteiger partial charge is 0.244 e. The van der Waals surface area contributed by atoms with Gasteiger partial charge in [-0.05, 0) is 0 Å². The zero-order chi connectivity index (χ0) is 9.28. The molecule has 0 spiro atoms. The molecule has 11 heavy (non-hydrogen) atoms. The second kappa shape index (κ2) is 2.86. The van der Waals surface area contributed by atoms with Crippen molar-refractivity contribution in [2.45, 2.75) is 18.3 Å². The minimum atomic E-state index is -5.60. The van der Waals surface area contributed by atoms with Crippen LogP contribution in [0.1, 0.15) is 0 Å². The molecule has 0 fully saturated rings. The van der Waals surface area contributed by atoms with Gasteiger partial charge in [0.2, 0.25) is 0 Å². The molecule has 0 rings (SSSR count). The zero-order valence-corrected chi connectivity index (χ0v) is 4.93. The maximum Gasteiger partial charge on any atom is 0.371 e. The number of alkyl halides is 7. The molecule has 0 saturated heterocycles. The fourth-order valence-electron chi connectivity index (χ4n) is 0.249. The first-order chi connectivity index (χ1) is 4.75. The fraction of sp³-hybridized carbons (Fsp3) is 1.00. The van der Waals surface area contributed by atoms with E-state index in [1.165, 1.54) is 0 Å². The summed E-state index contributed by atoms with van der Waals surface area (Å²) in [6, 6.07) is 0. The van der Waals surface area contributed by atoms with Crippen molar-refractivity contribution in [1.82, 2.24) is 0 Å². The Bertz CT molecular complexity index is 128. The van der Waals surface area contributed by atoms with Gasteiger partial charge in [-0.15, -0.1) is 0 Å². The van der Waals surface area contributed by atoms with E-state index in [1.807, 2.05) is 0 Å². The van der Waals surface area contributed by atoms with Crippen LogP contribution >= 0.6 is 0 Å². The van der Waals surface area contributed by atoms with Gasteiger partial charge in [-0.1, -0.05) is 0 Å². The molecule has 0 nitrogen and oxygen atoms in total. The lowest BCUT2D eigenvalue weighted by molar-refractivity contribution is -0.267. The molecule has 0 heterocycles. The highest BCUT2D eigenvalue weighted by Crippen LogP contribution is 2.39. The highest BCUT2D eigenvalue weighted by atomic mass is 19.3. The average Bonchev–Trinajstić information content (AvgIpc) is 1.87. The second-order valence-electron chi connectivity index (χ2n) is 1.76. The normalized spacial score (nSPS) is 14.2. The van der Waals surface area contributed by atoms with Crippen LogP contribution in [0.15, 0.2) is 0 Å². The molecule has 68 valence electrons. The molecule has 0 aromatic carbocycles. The third-order valence-electron chi connectivity index (χ3n) is 0.930. The van der Waals surface area contributed by atoms with E-state index in [-0.39, 0.29) is 0 Å². The van der Waals surface area contributed by atoms with Crippen LogP contribution in [0.25, 0.3) is 0 Å². The highest BCUT2D eigenvalue weighted by molar-refractivity contribution is 4.86. The fourth-order valence-corrected chi connectivity index (χ4v) is 0.249. The van der Waals surface area contributed by atoms with E-state index in [9.17, 15) is 30.7 Å². The predicted molar refractivity (Wildman–Crippen MR) is 21.9 cm³/mol. The first-order valence-corrected chi connectivity index (χ1v) is 2.35. The lowest BCUT2D eigenvalue weighted by Crippen LogP contribution is -2.47. The standard InChI is InChI=1S/C4H3F7/c5-1-3(8,9)4(10,11)2(6)7/h2H,1H2. The Morgan fingerprint density at radius 2 is 1.36 bits per heavy atom. The van der Waals surface area contributed by atoms with E-state index in [0.29, 0.717) is 0 Å². The average molecular weight is 184 g/mol. The zero-order valence-electron chi connectivity index (χ0n) is 4.93. The van der Waals surface area contributed by atoms with Gasteiger partial charge in [-0.25, -0.2) is 13.2 Å². The molecular weight excluding hydrogens is 181 g/mol. The summed E-state index contributed by atoms with van der Waals surface area (Å²) in [6.07, 6.45) is -4.56. The molecule has 0 aliphatic heterocycles. The summed E-state index contributed by atoms with van der Waals surface area (Å²) in [5.41, 5.74) is 0. The van der Waals surface area contributed by atoms with E-state index in [0.717, 1.165) is 0 Å². The van der Waals surface area contributed by atoms with Crippen LogP contribution in [0, 0.1) is 0 Å². The molecule has 0 atom stereocenters. The molecule has 0 radical (unpaired) electrons. The molecule has 0 aliphatic rings. The SMILES string of the molecule is FCC(F)(F)C(F)(F)C(F)F. The van der Waals surface area contributed by atoms with Gasteiger partial charge in [0.1, 0.15) is 0 Å². The Kier molecular flexibility index (Phi) is 2.74. The predicted octanol–water partition coefficient (Wildman–Crippen LogP) is 2.49. The van der Waals surface area contributed by atoms with Crippen LogP contribution in [0.4, 0.5) is 30.7 Å². The van der Waals surface area contributed by atoms with Crippen molar-refractivity contribution in [2.75, 3.05) is 6.67 Å². The monoisotopic (exact) mass is 184 g/mol. The van der Waals surface area contributed by atoms with Gasteiger partial charge >= 0.3 is 18.3 Å². The quantitative estimate of drug-likeness (QED) is 0.591. The second-order valence-corrected chi connectivity index (χ2v) is 1.76. The maximum atomic E-state index is 11.6. The Hall–Kier alpha value is -0.490. The molecular formula is C4H3F7. The van der Waals surface area contributed by atoms with Crippen molar-refractivity contribution in [3.8, 4) is 0 Å². The van der Waals surface area contributed by atoms with Gasteiger partial charge in [-0.2, -0.15) is 17.6 Å². The van der Waals surface area contributed by atoms with Gasteiger partial charge in [-0.3, -0.25) is 0 Å². The van der Waals surface area contributed by atoms with Crippen LogP contribution in [0.2, 0.25) is 0 Å². The Labute approximate surface area is 57.0 Å². The molecule has 0 aromatic rings. The number of hydrogen-bond acceptors (Lipinski definition) is 0. The summed E-state index contributed by atoms with van der Waals surface area (Å²) in [7, 11) is 0. The molecule has 0 unspecified atom stereocenters. The van der Waals surface area contributed by atoms with Crippen LogP contribution in [-0.2, 0) is 0 Å². The van der Waals surface area contributed by atoms with Crippen LogP contribution in [-0.4, -0.2) is 24.9 Å². The van der Waals surface area contributed by atoms with Gasteiger partial charge in [0.25, 0.3) is 0 Å². The van der Waals surface area contributed by atoms with Crippen molar-refractivity contribution in [3.05, 3.63) is 0 Å². The Balaban J connectivity index is 4.53. The van der Waals surface area contributed by atoms with E-state index in [1.54, 1.807) is 0 Å². The topological polar surface area (TPSA) is 0 Å². The minimum absolute atomic E-state index is 2.80. The summed E-state index contributed by atoms with van der Waals surface area (Å²) in [6.45, 7) is -2.80. The van der Waals surface area contributed by atoms with Crippen molar-refractivity contribution in [2.24, 2.45) is 0 Å². The van der Waals surface area contributed by atoms with Gasteiger partial charge in [0.15, 0.2) is 6.67 Å². The number of halogens is 7. The molecule has 7 heteroatoms. The maximum absolute atomic E-state index is 11.6. The van der Waals surface area contributed by atoms with Crippen molar-refractivity contribution in [1.29, 1.82) is 0 Å². The summed E-state index contributed by atoms with van der Waals surface area (Å²) in [5.74, 6) is -10.9. The summed E-state index contributed by atoms with van der Waals surface area (Å²) in [5, 5.41) is 0. The minimum Gasteiger partial charge on any atom is -0.244 e. The summed E-state index contributed by atoms with van der Waals surface area (Å²) < 4.78 is 79.6. The van der Waals surface area contributed by atoms with E-state index in [2.05, 4.69) is 0 Å². The van der Waals surface area contributed by atoms with Crippen LogP contribution in [0.3, 0.4) is 0 Å². The number of rotatable bonds is 3. The van der Waals surface area contributed by atoms with Crippen molar-refractivity contribution < 1.29 is 30.7 Å². The largest absolute Gasteiger partial charge is 0.371 e. The van der Waals surface area contributed by atoms with Crippen molar-refractivity contribution in [3.63, 3.8) is 0 Å². The van der Waals surface area contributed by atoms with Crippen LogP contribution < -0.4 is 0 Å². The molecule has 0 amide bonds. The third-order valence-corrected chi connectivity index (χ3v) is 0.930. The first-order valence-electron chi connectivity index (χ1n) is 2.35. The van der Waals surface area contributed by atoms with Crippen molar-refractivity contribution >= 4 is 0 Å². The molecule has 0 N–H and O–H groups in total. The third kappa shape index (κ3) is 1.75. The molecule has 0 aromatic heterocycles. The van der Waals surface area contributed by atoms with Gasteiger partial charge in [0.05, 0.1) is 0 Å². The highest BCUT2D eigenvalue weighted by Gasteiger charge is 2.62. The molecule has 0 aliphatic carbocycles. The van der Waals surface area contributed by atoms with E-state index >= 15 is 0 Å². The first kappa shape index (κ1) is 10.5. The van der Waals surface area contributed by atoms with Gasteiger partial charge < -0.3 is 0 Å². The summed E-state index contributed by atoms with van der Waals surface area (Å²) >= 11 is 0.